The van der Waals surface area contributed by atoms with Gasteiger partial charge in [0.1, 0.15) is 5.75 Å². The number of benzene rings is 2. The Bertz CT molecular complexity index is 753. The Labute approximate surface area is 145 Å². The van der Waals surface area contributed by atoms with E-state index in [1.807, 2.05) is 0 Å². The number of hydrogen-bond donors (Lipinski definition) is 1. The molecule has 0 aliphatic rings. The summed E-state index contributed by atoms with van der Waals surface area (Å²) in [6, 6.07) is 12.6. The maximum atomic E-state index is 12.0. The number of hydrazone groups is 1. The van der Waals surface area contributed by atoms with Crippen molar-refractivity contribution >= 4 is 17.8 Å². The summed E-state index contributed by atoms with van der Waals surface area (Å²) in [5, 5.41) is 14.4. The van der Waals surface area contributed by atoms with E-state index in [2.05, 4.69) is 24.4 Å². The first-order chi connectivity index (χ1) is 12.0. The maximum absolute atomic E-state index is 12.0. The van der Waals surface area contributed by atoms with Crippen molar-refractivity contribution < 1.29 is 14.5 Å². The Balaban J connectivity index is 1.89. The van der Waals surface area contributed by atoms with Gasteiger partial charge in [-0.1, -0.05) is 13.8 Å². The fourth-order valence-corrected chi connectivity index (χ4v) is 1.88. The molecule has 0 bridgehead atoms. The molecule has 2 aromatic carbocycles. The molecule has 0 atom stereocenters. The molecule has 7 heteroatoms. The van der Waals surface area contributed by atoms with E-state index in [1.54, 1.807) is 36.4 Å². The van der Waals surface area contributed by atoms with Crippen molar-refractivity contribution in [2.75, 3.05) is 6.61 Å². The van der Waals surface area contributed by atoms with Gasteiger partial charge in [0.15, 0.2) is 0 Å². The van der Waals surface area contributed by atoms with E-state index in [4.69, 9.17) is 4.74 Å². The molecular formula is C18H19N3O4. The number of nitrogens with zero attached hydrogens (tertiary/aromatic N) is 2. The molecule has 0 saturated heterocycles. The smallest absolute Gasteiger partial charge is 0.271 e. The highest BCUT2D eigenvalue weighted by Gasteiger charge is 2.05. The van der Waals surface area contributed by atoms with Crippen LogP contribution in [0.15, 0.2) is 53.6 Å². The number of rotatable bonds is 7. The average Bonchev–Trinajstić information content (AvgIpc) is 2.60. The lowest BCUT2D eigenvalue weighted by Gasteiger charge is -2.08. The zero-order valence-corrected chi connectivity index (χ0v) is 14.0. The molecule has 0 unspecified atom stereocenters. The Morgan fingerprint density at radius 3 is 2.40 bits per heavy atom. The maximum Gasteiger partial charge on any atom is 0.271 e. The molecule has 0 saturated carbocycles. The van der Waals surface area contributed by atoms with Crippen molar-refractivity contribution in [1.29, 1.82) is 0 Å². The van der Waals surface area contributed by atoms with Gasteiger partial charge in [-0.05, 0) is 47.9 Å². The van der Waals surface area contributed by atoms with Gasteiger partial charge in [-0.15, -0.1) is 0 Å². The number of nitro benzene ring substituents is 1. The number of amides is 1. The van der Waals surface area contributed by atoms with Gasteiger partial charge in [0.2, 0.25) is 0 Å². The molecule has 25 heavy (non-hydrogen) atoms. The molecule has 0 aliphatic carbocycles. The van der Waals surface area contributed by atoms with Crippen LogP contribution in [0.2, 0.25) is 0 Å². The quantitative estimate of drug-likeness (QED) is 0.474. The highest BCUT2D eigenvalue weighted by atomic mass is 16.6. The van der Waals surface area contributed by atoms with Crippen molar-refractivity contribution in [1.82, 2.24) is 5.43 Å². The molecule has 0 aliphatic heterocycles. The third-order valence-electron chi connectivity index (χ3n) is 3.18. The molecule has 0 aromatic heterocycles. The largest absolute Gasteiger partial charge is 0.493 e. The minimum atomic E-state index is -0.475. The van der Waals surface area contributed by atoms with Crippen LogP contribution in [-0.4, -0.2) is 23.7 Å². The number of carbonyl (C=O) groups excluding carboxylic acids is 1. The molecule has 2 rings (SSSR count). The van der Waals surface area contributed by atoms with Crippen molar-refractivity contribution in [3.63, 3.8) is 0 Å². The summed E-state index contributed by atoms with van der Waals surface area (Å²) in [5.41, 5.74) is 3.51. The van der Waals surface area contributed by atoms with E-state index in [1.165, 1.54) is 18.3 Å². The molecule has 1 amide bonds. The fourth-order valence-electron chi connectivity index (χ4n) is 1.88. The van der Waals surface area contributed by atoms with Crippen molar-refractivity contribution in [2.24, 2.45) is 11.0 Å². The van der Waals surface area contributed by atoms with E-state index < -0.39 is 4.92 Å². The first-order valence-corrected chi connectivity index (χ1v) is 7.76. The summed E-state index contributed by atoms with van der Waals surface area (Å²) in [5.74, 6) is 0.782. The predicted octanol–water partition coefficient (Wildman–Crippen LogP) is 3.39. The zero-order valence-electron chi connectivity index (χ0n) is 14.0. The summed E-state index contributed by atoms with van der Waals surface area (Å²) in [6.07, 6.45) is 1.42. The molecule has 0 radical (unpaired) electrons. The van der Waals surface area contributed by atoms with Crippen LogP contribution in [-0.2, 0) is 0 Å². The zero-order chi connectivity index (χ0) is 18.2. The number of carbonyl (C=O) groups is 1. The molecule has 0 spiro atoms. The number of nitrogens with one attached hydrogen (secondary N) is 1. The van der Waals surface area contributed by atoms with Crippen LogP contribution in [0.3, 0.4) is 0 Å². The Morgan fingerprint density at radius 1 is 1.20 bits per heavy atom. The summed E-state index contributed by atoms with van der Waals surface area (Å²) >= 11 is 0. The lowest BCUT2D eigenvalue weighted by atomic mass is 10.2. The topological polar surface area (TPSA) is 93.8 Å². The molecule has 1 N–H and O–H groups in total. The second kappa shape index (κ2) is 8.58. The van der Waals surface area contributed by atoms with Crippen LogP contribution in [0.4, 0.5) is 5.69 Å². The van der Waals surface area contributed by atoms with Crippen LogP contribution >= 0.6 is 0 Å². The number of ether oxygens (including phenoxy) is 1. The number of non-ortho nitro benzene ring substituents is 1. The Hall–Kier alpha value is -3.22. The van der Waals surface area contributed by atoms with Crippen molar-refractivity contribution in [3.05, 3.63) is 69.8 Å². The van der Waals surface area contributed by atoms with E-state index in [9.17, 15) is 14.9 Å². The van der Waals surface area contributed by atoms with Gasteiger partial charge in [0, 0.05) is 17.7 Å². The molecule has 0 heterocycles. The van der Waals surface area contributed by atoms with Crippen LogP contribution in [0, 0.1) is 16.0 Å². The molecule has 130 valence electrons. The normalized spacial score (nSPS) is 10.8. The minimum Gasteiger partial charge on any atom is -0.493 e. The SMILES string of the molecule is CC(C)COc1ccc(C(=O)N/N=C/c2ccc([N+](=O)[O-])cc2)cc1. The monoisotopic (exact) mass is 341 g/mol. The minimum absolute atomic E-state index is 0.000890. The van der Waals surface area contributed by atoms with E-state index >= 15 is 0 Å². The number of hydrogen-bond acceptors (Lipinski definition) is 5. The third-order valence-corrected chi connectivity index (χ3v) is 3.18. The van der Waals surface area contributed by atoms with Crippen LogP contribution in [0.1, 0.15) is 29.8 Å². The Morgan fingerprint density at radius 2 is 1.84 bits per heavy atom. The standard InChI is InChI=1S/C18H19N3O4/c1-13(2)12-25-17-9-5-15(6-10-17)18(22)20-19-11-14-3-7-16(8-4-14)21(23)24/h3-11,13H,12H2,1-2H3,(H,20,22)/b19-11+. The second-order valence-corrected chi connectivity index (χ2v) is 5.78. The van der Waals surface area contributed by atoms with E-state index in [-0.39, 0.29) is 11.6 Å². The summed E-state index contributed by atoms with van der Waals surface area (Å²) in [6.45, 7) is 4.74. The Kier molecular flexibility index (Phi) is 6.22. The van der Waals surface area contributed by atoms with Crippen LogP contribution in [0.5, 0.6) is 5.75 Å². The predicted molar refractivity (Wildman–Crippen MR) is 94.9 cm³/mol. The number of nitro groups is 1. The van der Waals surface area contributed by atoms with Crippen LogP contribution < -0.4 is 10.2 Å². The van der Waals surface area contributed by atoms with Gasteiger partial charge < -0.3 is 4.74 Å². The summed E-state index contributed by atoms with van der Waals surface area (Å²) < 4.78 is 5.56. The highest BCUT2D eigenvalue weighted by Crippen LogP contribution is 2.13. The first-order valence-electron chi connectivity index (χ1n) is 7.76. The van der Waals surface area contributed by atoms with Crippen molar-refractivity contribution in [2.45, 2.75) is 13.8 Å². The van der Waals surface area contributed by atoms with Gasteiger partial charge in [-0.2, -0.15) is 5.10 Å². The van der Waals surface area contributed by atoms with Gasteiger partial charge in [0.25, 0.3) is 11.6 Å². The lowest BCUT2D eigenvalue weighted by molar-refractivity contribution is -0.384. The lowest BCUT2D eigenvalue weighted by Crippen LogP contribution is -2.17. The van der Waals surface area contributed by atoms with E-state index in [0.29, 0.717) is 29.4 Å². The van der Waals surface area contributed by atoms with Crippen LogP contribution in [0.25, 0.3) is 0 Å². The second-order valence-electron chi connectivity index (χ2n) is 5.78. The van der Waals surface area contributed by atoms with Crippen molar-refractivity contribution in [3.8, 4) is 5.75 Å². The summed E-state index contributed by atoms with van der Waals surface area (Å²) in [7, 11) is 0. The van der Waals surface area contributed by atoms with Gasteiger partial charge in [0.05, 0.1) is 17.7 Å². The van der Waals surface area contributed by atoms with E-state index in [0.717, 1.165) is 0 Å². The first kappa shape index (κ1) is 18.1. The van der Waals surface area contributed by atoms with Gasteiger partial charge in [-0.25, -0.2) is 5.43 Å². The fraction of sp³-hybridized carbons (Fsp3) is 0.222. The molecule has 7 nitrogen and oxygen atoms in total. The molecule has 0 fully saturated rings. The van der Waals surface area contributed by atoms with Gasteiger partial charge in [-0.3, -0.25) is 14.9 Å². The summed E-state index contributed by atoms with van der Waals surface area (Å²) in [4.78, 5) is 22.1. The average molecular weight is 341 g/mol. The molecular weight excluding hydrogens is 322 g/mol. The third kappa shape index (κ3) is 5.72. The van der Waals surface area contributed by atoms with Gasteiger partial charge >= 0.3 is 0 Å². The molecule has 2 aromatic rings. The highest BCUT2D eigenvalue weighted by molar-refractivity contribution is 5.95.